The maximum Gasteiger partial charge on any atom is 0.213 e. The van der Waals surface area contributed by atoms with Crippen LogP contribution < -0.4 is 10.1 Å². The Morgan fingerprint density at radius 3 is 2.95 bits per heavy atom. The predicted octanol–water partition coefficient (Wildman–Crippen LogP) is 2.43. The molecule has 1 aromatic rings. The van der Waals surface area contributed by atoms with Crippen molar-refractivity contribution < 1.29 is 4.74 Å². The predicted molar refractivity (Wildman–Crippen MR) is 88.1 cm³/mol. The van der Waals surface area contributed by atoms with E-state index in [-0.39, 0.29) is 0 Å². The number of pyridine rings is 1. The maximum absolute atomic E-state index is 5.74. The van der Waals surface area contributed by atoms with Crippen LogP contribution in [0.1, 0.15) is 38.2 Å². The molecule has 1 aromatic heterocycles. The molecule has 1 aliphatic carbocycles. The van der Waals surface area contributed by atoms with Crippen LogP contribution in [-0.2, 0) is 6.54 Å². The molecule has 1 N–H and O–H groups in total. The van der Waals surface area contributed by atoms with Crippen molar-refractivity contribution in [2.24, 2.45) is 10.9 Å². The molecule has 1 saturated carbocycles. The average Bonchev–Trinajstić information content (AvgIpc) is 3.22. The summed E-state index contributed by atoms with van der Waals surface area (Å²) in [5.74, 6) is 2.50. The standard InChI is InChI=1S/C17H26N4O/c1-2-18-17(21-9-3-4-10-21)20-12-15-7-8-19-16(11-15)22-13-14-5-6-14/h7-8,11,14H,2-6,9-10,12-13H2,1H3,(H,18,20). The highest BCUT2D eigenvalue weighted by atomic mass is 16.5. The molecule has 120 valence electrons. The minimum Gasteiger partial charge on any atom is -0.477 e. The molecule has 1 saturated heterocycles. The molecule has 2 heterocycles. The van der Waals surface area contributed by atoms with Crippen molar-refractivity contribution in [3.8, 4) is 5.88 Å². The Labute approximate surface area is 132 Å². The third-order valence-electron chi connectivity index (χ3n) is 4.11. The summed E-state index contributed by atoms with van der Waals surface area (Å²) in [4.78, 5) is 11.4. The third-order valence-corrected chi connectivity index (χ3v) is 4.11. The molecule has 0 atom stereocenters. The monoisotopic (exact) mass is 302 g/mol. The second kappa shape index (κ2) is 7.47. The summed E-state index contributed by atoms with van der Waals surface area (Å²) in [6.45, 7) is 6.70. The largest absolute Gasteiger partial charge is 0.477 e. The lowest BCUT2D eigenvalue weighted by atomic mass is 10.3. The first kappa shape index (κ1) is 15.1. The first-order valence-corrected chi connectivity index (χ1v) is 8.46. The van der Waals surface area contributed by atoms with Crippen LogP contribution in [0.5, 0.6) is 5.88 Å². The van der Waals surface area contributed by atoms with E-state index in [4.69, 9.17) is 9.73 Å². The van der Waals surface area contributed by atoms with Gasteiger partial charge in [-0.2, -0.15) is 0 Å². The highest BCUT2D eigenvalue weighted by Crippen LogP contribution is 2.29. The number of aromatic nitrogens is 1. The Morgan fingerprint density at radius 2 is 2.23 bits per heavy atom. The van der Waals surface area contributed by atoms with E-state index in [2.05, 4.69) is 22.1 Å². The van der Waals surface area contributed by atoms with E-state index in [0.717, 1.165) is 49.6 Å². The zero-order chi connectivity index (χ0) is 15.2. The van der Waals surface area contributed by atoms with Crippen molar-refractivity contribution in [1.29, 1.82) is 0 Å². The van der Waals surface area contributed by atoms with Gasteiger partial charge in [-0.25, -0.2) is 9.98 Å². The highest BCUT2D eigenvalue weighted by molar-refractivity contribution is 5.80. The van der Waals surface area contributed by atoms with Crippen LogP contribution in [0.3, 0.4) is 0 Å². The van der Waals surface area contributed by atoms with Gasteiger partial charge >= 0.3 is 0 Å². The van der Waals surface area contributed by atoms with Crippen LogP contribution in [-0.4, -0.2) is 42.1 Å². The SMILES string of the molecule is CCNC(=NCc1ccnc(OCC2CC2)c1)N1CCCC1. The number of guanidine groups is 1. The molecular weight excluding hydrogens is 276 g/mol. The van der Waals surface area contributed by atoms with Gasteiger partial charge in [-0.3, -0.25) is 0 Å². The van der Waals surface area contributed by atoms with Gasteiger partial charge in [0, 0.05) is 31.9 Å². The molecule has 22 heavy (non-hydrogen) atoms. The van der Waals surface area contributed by atoms with Gasteiger partial charge in [-0.1, -0.05) is 0 Å². The van der Waals surface area contributed by atoms with E-state index in [1.165, 1.54) is 25.7 Å². The third kappa shape index (κ3) is 4.36. The van der Waals surface area contributed by atoms with Crippen LogP contribution in [0.4, 0.5) is 0 Å². The Balaban J connectivity index is 1.59. The van der Waals surface area contributed by atoms with Crippen LogP contribution in [0.15, 0.2) is 23.3 Å². The molecule has 2 fully saturated rings. The summed E-state index contributed by atoms with van der Waals surface area (Å²) < 4.78 is 5.74. The van der Waals surface area contributed by atoms with E-state index in [1.807, 2.05) is 18.3 Å². The molecule has 0 unspecified atom stereocenters. The number of likely N-dealkylation sites (tertiary alicyclic amines) is 1. The fourth-order valence-corrected chi connectivity index (χ4v) is 2.64. The molecule has 3 rings (SSSR count). The first-order chi connectivity index (χ1) is 10.8. The van der Waals surface area contributed by atoms with Crippen LogP contribution in [0, 0.1) is 5.92 Å². The number of aliphatic imine (C=N–C) groups is 1. The number of hydrogen-bond acceptors (Lipinski definition) is 3. The Morgan fingerprint density at radius 1 is 1.41 bits per heavy atom. The lowest BCUT2D eigenvalue weighted by molar-refractivity contribution is 0.288. The minimum absolute atomic E-state index is 0.668. The molecule has 0 aromatic carbocycles. The summed E-state index contributed by atoms with van der Waals surface area (Å²) in [5.41, 5.74) is 1.15. The Hall–Kier alpha value is -1.78. The molecule has 5 nitrogen and oxygen atoms in total. The van der Waals surface area contributed by atoms with Crippen molar-refractivity contribution in [2.45, 2.75) is 39.2 Å². The van der Waals surface area contributed by atoms with Gasteiger partial charge in [0.05, 0.1) is 13.2 Å². The van der Waals surface area contributed by atoms with E-state index in [1.54, 1.807) is 0 Å². The van der Waals surface area contributed by atoms with Crippen molar-refractivity contribution >= 4 is 5.96 Å². The number of hydrogen-bond donors (Lipinski definition) is 1. The zero-order valence-electron chi connectivity index (χ0n) is 13.4. The number of rotatable bonds is 6. The maximum atomic E-state index is 5.74. The Kier molecular flexibility index (Phi) is 5.14. The number of nitrogens with zero attached hydrogens (tertiary/aromatic N) is 3. The summed E-state index contributed by atoms with van der Waals surface area (Å²) in [6.07, 6.45) is 6.94. The summed E-state index contributed by atoms with van der Waals surface area (Å²) in [5, 5.41) is 3.39. The van der Waals surface area contributed by atoms with Crippen molar-refractivity contribution in [3.05, 3.63) is 23.9 Å². The smallest absolute Gasteiger partial charge is 0.213 e. The number of nitrogens with one attached hydrogen (secondary N) is 1. The van der Waals surface area contributed by atoms with E-state index in [0.29, 0.717) is 6.54 Å². The van der Waals surface area contributed by atoms with E-state index >= 15 is 0 Å². The van der Waals surface area contributed by atoms with Gasteiger partial charge in [-0.15, -0.1) is 0 Å². The van der Waals surface area contributed by atoms with Crippen molar-refractivity contribution in [2.75, 3.05) is 26.2 Å². The van der Waals surface area contributed by atoms with Gasteiger partial charge in [0.25, 0.3) is 0 Å². The molecule has 1 aliphatic heterocycles. The quantitative estimate of drug-likeness (QED) is 0.648. The fraction of sp³-hybridized carbons (Fsp3) is 0.647. The lowest BCUT2D eigenvalue weighted by Gasteiger charge is -2.20. The molecular formula is C17H26N4O. The second-order valence-corrected chi connectivity index (χ2v) is 6.12. The molecule has 0 spiro atoms. The minimum atomic E-state index is 0.668. The van der Waals surface area contributed by atoms with E-state index < -0.39 is 0 Å². The fourth-order valence-electron chi connectivity index (χ4n) is 2.64. The van der Waals surface area contributed by atoms with Gasteiger partial charge in [-0.05, 0) is 50.2 Å². The molecule has 0 radical (unpaired) electrons. The normalized spacial score (nSPS) is 18.6. The van der Waals surface area contributed by atoms with Gasteiger partial charge in [0.1, 0.15) is 0 Å². The average molecular weight is 302 g/mol. The molecule has 5 heteroatoms. The number of ether oxygens (including phenoxy) is 1. The Bertz CT molecular complexity index is 507. The molecule has 0 bridgehead atoms. The van der Waals surface area contributed by atoms with Crippen molar-refractivity contribution in [3.63, 3.8) is 0 Å². The first-order valence-electron chi connectivity index (χ1n) is 8.46. The summed E-state index contributed by atoms with van der Waals surface area (Å²) in [7, 11) is 0. The summed E-state index contributed by atoms with van der Waals surface area (Å²) >= 11 is 0. The van der Waals surface area contributed by atoms with Crippen LogP contribution in [0.25, 0.3) is 0 Å². The second-order valence-electron chi connectivity index (χ2n) is 6.12. The van der Waals surface area contributed by atoms with Crippen LogP contribution in [0.2, 0.25) is 0 Å². The zero-order valence-corrected chi connectivity index (χ0v) is 13.4. The topological polar surface area (TPSA) is 49.8 Å². The molecule has 0 amide bonds. The lowest BCUT2D eigenvalue weighted by Crippen LogP contribution is -2.39. The van der Waals surface area contributed by atoms with Gasteiger partial charge < -0.3 is 15.0 Å². The summed E-state index contributed by atoms with van der Waals surface area (Å²) in [6, 6.07) is 4.03. The van der Waals surface area contributed by atoms with Gasteiger partial charge in [0.15, 0.2) is 5.96 Å². The highest BCUT2D eigenvalue weighted by Gasteiger charge is 2.22. The van der Waals surface area contributed by atoms with Crippen molar-refractivity contribution in [1.82, 2.24) is 15.2 Å². The molecule has 2 aliphatic rings. The van der Waals surface area contributed by atoms with E-state index in [9.17, 15) is 0 Å². The van der Waals surface area contributed by atoms with Crippen LogP contribution >= 0.6 is 0 Å². The van der Waals surface area contributed by atoms with Gasteiger partial charge in [0.2, 0.25) is 5.88 Å².